The maximum Gasteiger partial charge on any atom is 0.150 e. The Kier molecular flexibility index (Phi) is 5.09. The first-order chi connectivity index (χ1) is 9.86. The molecule has 2 rings (SSSR count). The molecule has 0 aromatic carbocycles. The normalized spacial score (nSPS) is 25.0. The summed E-state index contributed by atoms with van der Waals surface area (Å²) < 4.78 is 25.8. The van der Waals surface area contributed by atoms with Gasteiger partial charge in [0.25, 0.3) is 0 Å². The summed E-state index contributed by atoms with van der Waals surface area (Å²) >= 11 is 0. The minimum Gasteiger partial charge on any atom is -0.311 e. The number of sulfone groups is 1. The van der Waals surface area contributed by atoms with Gasteiger partial charge in [0.2, 0.25) is 0 Å². The molecule has 1 heterocycles. The summed E-state index contributed by atoms with van der Waals surface area (Å²) in [5, 5.41) is 7.72. The van der Waals surface area contributed by atoms with E-state index in [1.54, 1.807) is 0 Å². The molecular weight excluding hydrogens is 286 g/mol. The van der Waals surface area contributed by atoms with Crippen molar-refractivity contribution in [2.24, 2.45) is 5.92 Å². The van der Waals surface area contributed by atoms with Crippen LogP contribution in [0.1, 0.15) is 50.0 Å². The Morgan fingerprint density at radius 1 is 1.48 bits per heavy atom. The maximum atomic E-state index is 11.9. The Morgan fingerprint density at radius 2 is 2.19 bits per heavy atom. The summed E-state index contributed by atoms with van der Waals surface area (Å²) in [5.74, 6) is 0.352. The molecule has 0 saturated heterocycles. The lowest BCUT2D eigenvalue weighted by Crippen LogP contribution is -2.35. The molecular formula is C15H27N3O2S. The van der Waals surface area contributed by atoms with E-state index in [1.807, 2.05) is 18.7 Å². The standard InChI is InChI=1S/C15H27N3O2S/c1-5-18-14(9-11(2)17-18)15(16-3)12-7-6-8-13(10-12)21(4,19)20/h9,12-13,15-16H,5-8,10H2,1-4H3. The molecule has 21 heavy (non-hydrogen) atoms. The second kappa shape index (κ2) is 6.48. The Labute approximate surface area is 128 Å². The summed E-state index contributed by atoms with van der Waals surface area (Å²) in [6.45, 7) is 4.93. The molecule has 1 aromatic rings. The van der Waals surface area contributed by atoms with Crippen LogP contribution in [0.25, 0.3) is 0 Å². The quantitative estimate of drug-likeness (QED) is 0.904. The number of nitrogens with one attached hydrogen (secondary N) is 1. The van der Waals surface area contributed by atoms with E-state index in [0.717, 1.165) is 37.9 Å². The third-order valence-electron chi connectivity index (χ3n) is 4.61. The minimum atomic E-state index is -2.94. The highest BCUT2D eigenvalue weighted by molar-refractivity contribution is 7.91. The third-order valence-corrected chi connectivity index (χ3v) is 6.25. The van der Waals surface area contributed by atoms with Gasteiger partial charge in [0, 0.05) is 12.8 Å². The molecule has 3 atom stereocenters. The van der Waals surface area contributed by atoms with Gasteiger partial charge in [0.15, 0.2) is 0 Å². The van der Waals surface area contributed by atoms with Crippen molar-refractivity contribution in [1.29, 1.82) is 0 Å². The molecule has 1 N–H and O–H groups in total. The Hall–Kier alpha value is -0.880. The first-order valence-electron chi connectivity index (χ1n) is 7.77. The number of rotatable bonds is 5. The lowest BCUT2D eigenvalue weighted by molar-refractivity contribution is 0.272. The summed E-state index contributed by atoms with van der Waals surface area (Å²) in [4.78, 5) is 0. The summed E-state index contributed by atoms with van der Waals surface area (Å²) in [6.07, 6.45) is 4.98. The van der Waals surface area contributed by atoms with Gasteiger partial charge in [-0.3, -0.25) is 4.68 Å². The van der Waals surface area contributed by atoms with Crippen molar-refractivity contribution in [3.8, 4) is 0 Å². The van der Waals surface area contributed by atoms with Gasteiger partial charge < -0.3 is 5.32 Å². The fourth-order valence-electron chi connectivity index (χ4n) is 3.57. The first kappa shape index (κ1) is 16.5. The largest absolute Gasteiger partial charge is 0.311 e. The molecule has 0 aliphatic heterocycles. The highest BCUT2D eigenvalue weighted by atomic mass is 32.2. The van der Waals surface area contributed by atoms with Gasteiger partial charge in [-0.25, -0.2) is 8.42 Å². The zero-order valence-corrected chi connectivity index (χ0v) is 14.3. The van der Waals surface area contributed by atoms with Crippen molar-refractivity contribution in [2.45, 2.75) is 57.4 Å². The lowest BCUT2D eigenvalue weighted by atomic mass is 9.82. The van der Waals surface area contributed by atoms with E-state index in [1.165, 1.54) is 11.9 Å². The van der Waals surface area contributed by atoms with Gasteiger partial charge in [-0.2, -0.15) is 5.10 Å². The Balaban J connectivity index is 2.24. The molecule has 1 saturated carbocycles. The van der Waals surface area contributed by atoms with Crippen LogP contribution < -0.4 is 5.32 Å². The topological polar surface area (TPSA) is 64.0 Å². The van der Waals surface area contributed by atoms with Crippen molar-refractivity contribution in [3.05, 3.63) is 17.5 Å². The second-order valence-electron chi connectivity index (χ2n) is 6.17. The van der Waals surface area contributed by atoms with Crippen LogP contribution in [0.4, 0.5) is 0 Å². The van der Waals surface area contributed by atoms with E-state index in [0.29, 0.717) is 5.92 Å². The van der Waals surface area contributed by atoms with E-state index in [4.69, 9.17) is 0 Å². The van der Waals surface area contributed by atoms with E-state index in [2.05, 4.69) is 23.4 Å². The first-order valence-corrected chi connectivity index (χ1v) is 9.72. The molecule has 0 radical (unpaired) electrons. The van der Waals surface area contributed by atoms with E-state index >= 15 is 0 Å². The Morgan fingerprint density at radius 3 is 2.76 bits per heavy atom. The summed E-state index contributed by atoms with van der Waals surface area (Å²) in [5.41, 5.74) is 2.19. The molecule has 0 amide bonds. The molecule has 120 valence electrons. The van der Waals surface area contributed by atoms with Gasteiger partial charge in [-0.15, -0.1) is 0 Å². The van der Waals surface area contributed by atoms with Gasteiger partial charge >= 0.3 is 0 Å². The molecule has 3 unspecified atom stereocenters. The average molecular weight is 313 g/mol. The molecule has 0 spiro atoms. The molecule has 6 heteroatoms. The van der Waals surface area contributed by atoms with E-state index in [-0.39, 0.29) is 11.3 Å². The number of hydrogen-bond donors (Lipinski definition) is 1. The zero-order chi connectivity index (χ0) is 15.6. The summed E-state index contributed by atoms with van der Waals surface area (Å²) in [7, 11) is -0.988. The van der Waals surface area contributed by atoms with Crippen LogP contribution in [0.15, 0.2) is 6.07 Å². The van der Waals surface area contributed by atoms with Crippen LogP contribution in [0.2, 0.25) is 0 Å². The van der Waals surface area contributed by atoms with Crippen LogP contribution in [0.3, 0.4) is 0 Å². The van der Waals surface area contributed by atoms with Gasteiger partial charge in [-0.05, 0) is 52.1 Å². The van der Waals surface area contributed by atoms with Gasteiger partial charge in [0.05, 0.1) is 22.7 Å². The van der Waals surface area contributed by atoms with Gasteiger partial charge in [-0.1, -0.05) is 6.42 Å². The van der Waals surface area contributed by atoms with Crippen molar-refractivity contribution in [1.82, 2.24) is 15.1 Å². The summed E-state index contributed by atoms with van der Waals surface area (Å²) in [6, 6.07) is 2.30. The molecule has 5 nitrogen and oxygen atoms in total. The second-order valence-corrected chi connectivity index (χ2v) is 8.50. The van der Waals surface area contributed by atoms with Gasteiger partial charge in [0.1, 0.15) is 9.84 Å². The molecule has 1 aliphatic carbocycles. The average Bonchev–Trinajstić information content (AvgIpc) is 2.80. The van der Waals surface area contributed by atoms with E-state index in [9.17, 15) is 8.42 Å². The van der Waals surface area contributed by atoms with Crippen LogP contribution in [0.5, 0.6) is 0 Å². The van der Waals surface area contributed by atoms with Crippen molar-refractivity contribution in [2.75, 3.05) is 13.3 Å². The molecule has 1 aromatic heterocycles. The fourth-order valence-corrected chi connectivity index (χ4v) is 4.76. The maximum absolute atomic E-state index is 11.9. The number of aromatic nitrogens is 2. The number of hydrogen-bond acceptors (Lipinski definition) is 4. The number of nitrogens with zero attached hydrogens (tertiary/aromatic N) is 2. The third kappa shape index (κ3) is 3.66. The van der Waals surface area contributed by atoms with E-state index < -0.39 is 9.84 Å². The van der Waals surface area contributed by atoms with Crippen molar-refractivity contribution in [3.63, 3.8) is 0 Å². The van der Waals surface area contributed by atoms with Crippen LogP contribution in [0, 0.1) is 12.8 Å². The molecule has 1 fully saturated rings. The van der Waals surface area contributed by atoms with Crippen molar-refractivity contribution >= 4 is 9.84 Å². The highest BCUT2D eigenvalue weighted by Crippen LogP contribution is 2.36. The highest BCUT2D eigenvalue weighted by Gasteiger charge is 2.34. The lowest BCUT2D eigenvalue weighted by Gasteiger charge is -2.34. The Bertz CT molecular complexity index is 580. The zero-order valence-electron chi connectivity index (χ0n) is 13.5. The smallest absolute Gasteiger partial charge is 0.150 e. The monoisotopic (exact) mass is 313 g/mol. The SMILES string of the molecule is CCn1nc(C)cc1C(NC)C1CCCC(S(C)(=O)=O)C1. The number of aryl methyl sites for hydroxylation is 2. The molecule has 1 aliphatic rings. The minimum absolute atomic E-state index is 0.177. The van der Waals surface area contributed by atoms with Crippen LogP contribution in [-0.2, 0) is 16.4 Å². The van der Waals surface area contributed by atoms with Crippen LogP contribution >= 0.6 is 0 Å². The fraction of sp³-hybridized carbons (Fsp3) is 0.800. The van der Waals surface area contributed by atoms with Crippen LogP contribution in [-0.4, -0.2) is 36.8 Å². The predicted molar refractivity (Wildman–Crippen MR) is 85.0 cm³/mol. The van der Waals surface area contributed by atoms with Crippen molar-refractivity contribution < 1.29 is 8.42 Å². The molecule has 0 bridgehead atoms. The predicted octanol–water partition coefficient (Wildman–Crippen LogP) is 2.08.